The molecular weight excluding hydrogens is 217 g/mol. The molecule has 0 radical (unpaired) electrons. The Labute approximate surface area is 82.4 Å². The Kier molecular flexibility index (Phi) is 3.20. The Balaban J connectivity index is 3.07. The molecule has 1 N–H and O–H groups in total. The van der Waals surface area contributed by atoms with Gasteiger partial charge in [-0.2, -0.15) is 18.2 Å². The van der Waals surface area contributed by atoms with Crippen LogP contribution in [-0.2, 0) is 6.18 Å². The predicted octanol–water partition coefficient (Wildman–Crippen LogP) is 2.31. The highest BCUT2D eigenvalue weighted by molar-refractivity contribution is 7.99. The van der Waals surface area contributed by atoms with Crippen LogP contribution in [0.4, 0.5) is 13.2 Å². The van der Waals surface area contributed by atoms with E-state index < -0.39 is 17.8 Å². The number of hydrogen-bond acceptors (Lipinski definition) is 4. The second-order valence-corrected chi connectivity index (χ2v) is 3.56. The summed E-state index contributed by atoms with van der Waals surface area (Å²) in [6.45, 7) is 1.76. The van der Waals surface area contributed by atoms with Crippen LogP contribution in [0.15, 0.2) is 11.2 Å². The Bertz CT molecular complexity index is 329. The van der Waals surface area contributed by atoms with E-state index >= 15 is 0 Å². The van der Waals surface area contributed by atoms with Crippen LogP contribution in [0.2, 0.25) is 0 Å². The summed E-state index contributed by atoms with van der Waals surface area (Å²) in [6.07, 6.45) is -4.55. The van der Waals surface area contributed by atoms with Gasteiger partial charge in [0, 0.05) is 6.07 Å². The molecule has 14 heavy (non-hydrogen) atoms. The van der Waals surface area contributed by atoms with Crippen LogP contribution in [0.3, 0.4) is 0 Å². The minimum absolute atomic E-state index is 0.0696. The van der Waals surface area contributed by atoms with Crippen molar-refractivity contribution >= 4 is 11.8 Å². The molecule has 0 atom stereocenters. The van der Waals surface area contributed by atoms with Gasteiger partial charge < -0.3 is 5.11 Å². The van der Waals surface area contributed by atoms with Crippen LogP contribution in [0.25, 0.3) is 0 Å². The molecular formula is C7H7F3N2OS. The van der Waals surface area contributed by atoms with Crippen molar-refractivity contribution in [2.45, 2.75) is 18.3 Å². The molecule has 1 aromatic rings. The standard InChI is InChI=1S/C7H7F3N2OS/c1-2-14-6-11-4(7(8,9)10)3-5(13)12-6/h3H,2H2,1H3,(H,11,12,13). The number of thioether (sulfide) groups is 1. The van der Waals surface area contributed by atoms with E-state index in [1.54, 1.807) is 6.92 Å². The van der Waals surface area contributed by atoms with Gasteiger partial charge in [0.25, 0.3) is 0 Å². The Morgan fingerprint density at radius 1 is 1.43 bits per heavy atom. The summed E-state index contributed by atoms with van der Waals surface area (Å²) in [6, 6.07) is 0.500. The zero-order chi connectivity index (χ0) is 10.8. The number of halogens is 3. The molecule has 0 aliphatic heterocycles. The fourth-order valence-corrected chi connectivity index (χ4v) is 1.33. The number of rotatable bonds is 2. The summed E-state index contributed by atoms with van der Waals surface area (Å²) in [5, 5.41) is 8.85. The van der Waals surface area contributed by atoms with Gasteiger partial charge in [-0.25, -0.2) is 4.98 Å². The van der Waals surface area contributed by atoms with Gasteiger partial charge in [-0.15, -0.1) is 0 Å². The van der Waals surface area contributed by atoms with Crippen LogP contribution in [-0.4, -0.2) is 20.8 Å². The van der Waals surface area contributed by atoms with Crippen LogP contribution < -0.4 is 0 Å². The first-order chi connectivity index (χ1) is 6.43. The summed E-state index contributed by atoms with van der Waals surface area (Å²) in [7, 11) is 0. The third kappa shape index (κ3) is 2.76. The van der Waals surface area contributed by atoms with Crippen molar-refractivity contribution in [1.29, 1.82) is 0 Å². The zero-order valence-electron chi connectivity index (χ0n) is 7.17. The normalized spacial score (nSPS) is 11.7. The number of aromatic hydroxyl groups is 1. The molecule has 0 saturated heterocycles. The van der Waals surface area contributed by atoms with Crippen LogP contribution in [0.1, 0.15) is 12.6 Å². The molecule has 1 aromatic heterocycles. The van der Waals surface area contributed by atoms with Crippen molar-refractivity contribution in [3.8, 4) is 5.88 Å². The Morgan fingerprint density at radius 3 is 2.57 bits per heavy atom. The van der Waals surface area contributed by atoms with Gasteiger partial charge in [-0.1, -0.05) is 18.7 Å². The number of aromatic nitrogens is 2. The second-order valence-electron chi connectivity index (χ2n) is 2.32. The van der Waals surface area contributed by atoms with Crippen molar-refractivity contribution in [2.75, 3.05) is 5.75 Å². The van der Waals surface area contributed by atoms with Gasteiger partial charge in [0.05, 0.1) is 0 Å². The molecule has 0 aliphatic carbocycles. The largest absolute Gasteiger partial charge is 0.493 e. The van der Waals surface area contributed by atoms with Crippen molar-refractivity contribution < 1.29 is 18.3 Å². The molecule has 0 aliphatic rings. The lowest BCUT2D eigenvalue weighted by Gasteiger charge is -2.06. The van der Waals surface area contributed by atoms with Crippen LogP contribution in [0.5, 0.6) is 5.88 Å². The molecule has 0 fully saturated rings. The summed E-state index contributed by atoms with van der Waals surface area (Å²) < 4.78 is 36.5. The predicted molar refractivity (Wildman–Crippen MR) is 45.1 cm³/mol. The maximum Gasteiger partial charge on any atom is 0.433 e. The summed E-state index contributed by atoms with van der Waals surface area (Å²) >= 11 is 1.04. The summed E-state index contributed by atoms with van der Waals surface area (Å²) in [5.41, 5.74) is -1.12. The van der Waals surface area contributed by atoms with E-state index in [4.69, 9.17) is 5.11 Å². The maximum atomic E-state index is 12.2. The molecule has 0 saturated carbocycles. The molecule has 0 bridgehead atoms. The SMILES string of the molecule is CCSc1nc(O)cc(C(F)(F)F)n1. The second kappa shape index (κ2) is 4.04. The third-order valence-corrected chi connectivity index (χ3v) is 1.99. The first kappa shape index (κ1) is 11.1. The molecule has 1 heterocycles. The Morgan fingerprint density at radius 2 is 2.07 bits per heavy atom. The highest BCUT2D eigenvalue weighted by atomic mass is 32.2. The van der Waals surface area contributed by atoms with E-state index in [1.807, 2.05) is 0 Å². The molecule has 3 nitrogen and oxygen atoms in total. The van der Waals surface area contributed by atoms with Crippen LogP contribution in [0, 0.1) is 0 Å². The molecule has 78 valence electrons. The molecule has 0 unspecified atom stereocenters. The summed E-state index contributed by atoms with van der Waals surface area (Å²) in [4.78, 5) is 6.71. The minimum atomic E-state index is -4.55. The lowest BCUT2D eigenvalue weighted by molar-refractivity contribution is -0.141. The average molecular weight is 224 g/mol. The monoisotopic (exact) mass is 224 g/mol. The smallest absolute Gasteiger partial charge is 0.433 e. The number of nitrogens with zero attached hydrogens (tertiary/aromatic N) is 2. The maximum absolute atomic E-state index is 12.2. The fraction of sp³-hybridized carbons (Fsp3) is 0.429. The first-order valence-electron chi connectivity index (χ1n) is 3.71. The van der Waals surface area contributed by atoms with Gasteiger partial charge in [0.1, 0.15) is 0 Å². The molecule has 0 spiro atoms. The van der Waals surface area contributed by atoms with Gasteiger partial charge in [-0.3, -0.25) is 0 Å². The lowest BCUT2D eigenvalue weighted by Crippen LogP contribution is -2.09. The highest BCUT2D eigenvalue weighted by Crippen LogP contribution is 2.30. The summed E-state index contributed by atoms with van der Waals surface area (Å²) in [5.74, 6) is -0.121. The lowest BCUT2D eigenvalue weighted by atomic mass is 10.4. The minimum Gasteiger partial charge on any atom is -0.493 e. The van der Waals surface area contributed by atoms with E-state index in [-0.39, 0.29) is 5.16 Å². The van der Waals surface area contributed by atoms with E-state index in [0.29, 0.717) is 11.8 Å². The molecule has 7 heteroatoms. The molecule has 1 rings (SSSR count). The number of hydrogen-bond donors (Lipinski definition) is 1. The van der Waals surface area contributed by atoms with Gasteiger partial charge in [0.15, 0.2) is 10.9 Å². The van der Waals surface area contributed by atoms with Crippen molar-refractivity contribution in [1.82, 2.24) is 9.97 Å². The van der Waals surface area contributed by atoms with Gasteiger partial charge in [-0.05, 0) is 5.75 Å². The Hall–Kier alpha value is -0.980. The third-order valence-electron chi connectivity index (χ3n) is 1.26. The zero-order valence-corrected chi connectivity index (χ0v) is 7.98. The quantitative estimate of drug-likeness (QED) is 0.618. The number of alkyl halides is 3. The van der Waals surface area contributed by atoms with Crippen LogP contribution >= 0.6 is 11.8 Å². The molecule has 0 amide bonds. The van der Waals surface area contributed by atoms with Crippen molar-refractivity contribution in [2.24, 2.45) is 0 Å². The van der Waals surface area contributed by atoms with Gasteiger partial charge >= 0.3 is 6.18 Å². The van der Waals surface area contributed by atoms with E-state index in [1.165, 1.54) is 0 Å². The topological polar surface area (TPSA) is 46.0 Å². The first-order valence-corrected chi connectivity index (χ1v) is 4.70. The van der Waals surface area contributed by atoms with E-state index in [9.17, 15) is 13.2 Å². The van der Waals surface area contributed by atoms with Gasteiger partial charge in [0.2, 0.25) is 5.88 Å². The highest BCUT2D eigenvalue weighted by Gasteiger charge is 2.33. The average Bonchev–Trinajstić information content (AvgIpc) is 2.02. The molecule has 0 aromatic carbocycles. The fourth-order valence-electron chi connectivity index (χ4n) is 0.752. The van der Waals surface area contributed by atoms with E-state index in [2.05, 4.69) is 9.97 Å². The van der Waals surface area contributed by atoms with E-state index in [0.717, 1.165) is 11.8 Å². The van der Waals surface area contributed by atoms with Crippen molar-refractivity contribution in [3.05, 3.63) is 11.8 Å². The van der Waals surface area contributed by atoms with Crippen molar-refractivity contribution in [3.63, 3.8) is 0 Å².